The molecular formula is C11H24N2. The molecule has 0 aromatic rings. The average molecular weight is 184 g/mol. The van der Waals surface area contributed by atoms with Gasteiger partial charge in [0.1, 0.15) is 0 Å². The lowest BCUT2D eigenvalue weighted by Crippen LogP contribution is -2.36. The summed E-state index contributed by atoms with van der Waals surface area (Å²) in [5.41, 5.74) is 0. The molecule has 1 fully saturated rings. The van der Waals surface area contributed by atoms with Crippen LogP contribution < -0.4 is 5.32 Å². The minimum atomic E-state index is 0.639. The molecule has 0 aliphatic carbocycles. The van der Waals surface area contributed by atoms with Crippen LogP contribution >= 0.6 is 0 Å². The quantitative estimate of drug-likeness (QED) is 0.700. The lowest BCUT2D eigenvalue weighted by molar-refractivity contribution is 0.291. The Kier molecular flexibility index (Phi) is 4.74. The number of rotatable bonds is 5. The zero-order chi connectivity index (χ0) is 9.68. The van der Waals surface area contributed by atoms with Crippen LogP contribution in [0.2, 0.25) is 0 Å². The number of nitrogens with one attached hydrogen (secondary N) is 1. The molecule has 0 saturated carbocycles. The minimum absolute atomic E-state index is 0.639. The van der Waals surface area contributed by atoms with Crippen molar-refractivity contribution in [2.24, 2.45) is 5.92 Å². The summed E-state index contributed by atoms with van der Waals surface area (Å²) in [5, 5.41) is 3.30. The number of hydrogen-bond acceptors (Lipinski definition) is 2. The molecule has 1 aliphatic heterocycles. The molecule has 13 heavy (non-hydrogen) atoms. The molecule has 1 saturated heterocycles. The predicted octanol–water partition coefficient (Wildman–Crippen LogP) is 1.72. The van der Waals surface area contributed by atoms with E-state index < -0.39 is 0 Å². The van der Waals surface area contributed by atoms with Crippen molar-refractivity contribution < 1.29 is 0 Å². The minimum Gasteiger partial charge on any atom is -0.316 e. The summed E-state index contributed by atoms with van der Waals surface area (Å²) in [6, 6.07) is 0.639. The van der Waals surface area contributed by atoms with Crippen LogP contribution in [0.25, 0.3) is 0 Å². The summed E-state index contributed by atoms with van der Waals surface area (Å²) >= 11 is 0. The lowest BCUT2D eigenvalue weighted by atomic mass is 10.0. The molecule has 0 aromatic heterocycles. The van der Waals surface area contributed by atoms with E-state index >= 15 is 0 Å². The van der Waals surface area contributed by atoms with Gasteiger partial charge in [-0.1, -0.05) is 13.3 Å². The van der Waals surface area contributed by atoms with E-state index in [2.05, 4.69) is 24.1 Å². The van der Waals surface area contributed by atoms with Crippen molar-refractivity contribution in [2.75, 3.05) is 26.7 Å². The number of likely N-dealkylation sites (tertiary alicyclic amines) is 1. The summed E-state index contributed by atoms with van der Waals surface area (Å²) < 4.78 is 0. The summed E-state index contributed by atoms with van der Waals surface area (Å²) in [6.45, 7) is 8.42. The first kappa shape index (κ1) is 11.0. The Hall–Kier alpha value is -0.0800. The first-order valence-corrected chi connectivity index (χ1v) is 5.65. The van der Waals surface area contributed by atoms with Crippen LogP contribution in [0.3, 0.4) is 0 Å². The Labute approximate surface area is 82.7 Å². The molecule has 0 aromatic carbocycles. The van der Waals surface area contributed by atoms with Crippen LogP contribution in [0, 0.1) is 5.92 Å². The zero-order valence-electron chi connectivity index (χ0n) is 9.34. The summed E-state index contributed by atoms with van der Waals surface area (Å²) in [7, 11) is 2.05. The maximum atomic E-state index is 3.30. The largest absolute Gasteiger partial charge is 0.316 e. The first-order valence-electron chi connectivity index (χ1n) is 5.65. The molecule has 0 spiro atoms. The molecule has 0 radical (unpaired) electrons. The van der Waals surface area contributed by atoms with Gasteiger partial charge in [0.2, 0.25) is 0 Å². The van der Waals surface area contributed by atoms with Gasteiger partial charge >= 0.3 is 0 Å². The second-order valence-corrected chi connectivity index (χ2v) is 4.39. The molecule has 1 rings (SSSR count). The number of hydrogen-bond donors (Lipinski definition) is 1. The summed E-state index contributed by atoms with van der Waals surface area (Å²) in [5.74, 6) is 0.981. The van der Waals surface area contributed by atoms with Crippen molar-refractivity contribution in [2.45, 2.75) is 39.2 Å². The lowest BCUT2D eigenvalue weighted by Gasteiger charge is -2.20. The zero-order valence-corrected chi connectivity index (χ0v) is 9.34. The van der Waals surface area contributed by atoms with E-state index in [1.54, 1.807) is 0 Å². The molecule has 2 unspecified atom stereocenters. The molecule has 1 N–H and O–H groups in total. The second-order valence-electron chi connectivity index (χ2n) is 4.39. The van der Waals surface area contributed by atoms with Crippen molar-refractivity contribution in [3.8, 4) is 0 Å². The number of likely N-dealkylation sites (N-methyl/N-ethyl adjacent to an activating group) is 1. The van der Waals surface area contributed by atoms with Gasteiger partial charge in [-0.15, -0.1) is 0 Å². The highest BCUT2D eigenvalue weighted by atomic mass is 15.2. The first-order chi connectivity index (χ1) is 6.26. The van der Waals surface area contributed by atoms with Crippen LogP contribution in [-0.2, 0) is 0 Å². The van der Waals surface area contributed by atoms with E-state index in [0.717, 1.165) is 5.92 Å². The smallest absolute Gasteiger partial charge is 0.0163 e. The summed E-state index contributed by atoms with van der Waals surface area (Å²) in [4.78, 5) is 2.60. The Morgan fingerprint density at radius 3 is 2.92 bits per heavy atom. The molecule has 2 atom stereocenters. The Morgan fingerprint density at radius 2 is 2.31 bits per heavy atom. The van der Waals surface area contributed by atoms with Gasteiger partial charge in [-0.2, -0.15) is 0 Å². The Morgan fingerprint density at radius 1 is 1.54 bits per heavy atom. The molecule has 2 nitrogen and oxygen atoms in total. The third-order valence-electron chi connectivity index (χ3n) is 3.09. The fraction of sp³-hybridized carbons (Fsp3) is 1.00. The SMILES string of the molecule is CCCC1CCN(CC(C)NC)C1. The highest BCUT2D eigenvalue weighted by molar-refractivity contribution is 4.77. The van der Waals surface area contributed by atoms with E-state index in [9.17, 15) is 0 Å². The van der Waals surface area contributed by atoms with Crippen molar-refractivity contribution in [1.29, 1.82) is 0 Å². The van der Waals surface area contributed by atoms with Crippen LogP contribution in [0.1, 0.15) is 33.1 Å². The van der Waals surface area contributed by atoms with E-state index in [-0.39, 0.29) is 0 Å². The van der Waals surface area contributed by atoms with E-state index in [1.807, 2.05) is 7.05 Å². The monoisotopic (exact) mass is 184 g/mol. The van der Waals surface area contributed by atoms with Crippen LogP contribution in [0.15, 0.2) is 0 Å². The van der Waals surface area contributed by atoms with E-state index in [4.69, 9.17) is 0 Å². The third kappa shape index (κ3) is 3.65. The van der Waals surface area contributed by atoms with E-state index in [0.29, 0.717) is 6.04 Å². The van der Waals surface area contributed by atoms with Gasteiger partial charge in [0.25, 0.3) is 0 Å². The summed E-state index contributed by atoms with van der Waals surface area (Å²) in [6.07, 6.45) is 4.19. The van der Waals surface area contributed by atoms with Crippen LogP contribution in [-0.4, -0.2) is 37.6 Å². The standard InChI is InChI=1S/C11H24N2/c1-4-5-11-6-7-13(9-11)8-10(2)12-3/h10-12H,4-9H2,1-3H3. The maximum absolute atomic E-state index is 3.30. The fourth-order valence-electron chi connectivity index (χ4n) is 2.20. The average Bonchev–Trinajstić information content (AvgIpc) is 2.53. The molecule has 1 aliphatic rings. The van der Waals surface area contributed by atoms with Gasteiger partial charge in [0.15, 0.2) is 0 Å². The van der Waals surface area contributed by atoms with Crippen molar-refractivity contribution >= 4 is 0 Å². The van der Waals surface area contributed by atoms with Gasteiger partial charge in [0.05, 0.1) is 0 Å². The van der Waals surface area contributed by atoms with E-state index in [1.165, 1.54) is 38.9 Å². The van der Waals surface area contributed by atoms with Gasteiger partial charge in [-0.05, 0) is 39.3 Å². The van der Waals surface area contributed by atoms with Crippen molar-refractivity contribution in [3.05, 3.63) is 0 Å². The van der Waals surface area contributed by atoms with Gasteiger partial charge in [0, 0.05) is 19.1 Å². The third-order valence-corrected chi connectivity index (χ3v) is 3.09. The Balaban J connectivity index is 2.17. The molecule has 0 amide bonds. The van der Waals surface area contributed by atoms with Gasteiger partial charge in [-0.3, -0.25) is 0 Å². The molecular weight excluding hydrogens is 160 g/mol. The normalized spacial score (nSPS) is 26.5. The second kappa shape index (κ2) is 5.61. The van der Waals surface area contributed by atoms with Gasteiger partial charge < -0.3 is 10.2 Å². The molecule has 0 bridgehead atoms. The van der Waals surface area contributed by atoms with Crippen molar-refractivity contribution in [3.63, 3.8) is 0 Å². The Bertz CT molecular complexity index is 136. The fourth-order valence-corrected chi connectivity index (χ4v) is 2.20. The maximum Gasteiger partial charge on any atom is 0.0163 e. The highest BCUT2D eigenvalue weighted by Gasteiger charge is 2.22. The predicted molar refractivity (Wildman–Crippen MR) is 58.0 cm³/mol. The van der Waals surface area contributed by atoms with Gasteiger partial charge in [-0.25, -0.2) is 0 Å². The molecule has 2 heteroatoms. The topological polar surface area (TPSA) is 15.3 Å². The molecule has 1 heterocycles. The van der Waals surface area contributed by atoms with Crippen molar-refractivity contribution in [1.82, 2.24) is 10.2 Å². The van der Waals surface area contributed by atoms with Crippen LogP contribution in [0.4, 0.5) is 0 Å². The highest BCUT2D eigenvalue weighted by Crippen LogP contribution is 2.20. The molecule has 78 valence electrons. The van der Waals surface area contributed by atoms with Crippen LogP contribution in [0.5, 0.6) is 0 Å². The number of nitrogens with zero attached hydrogens (tertiary/aromatic N) is 1.